The fourth-order valence-corrected chi connectivity index (χ4v) is 2.59. The summed E-state index contributed by atoms with van der Waals surface area (Å²) in [6.45, 7) is 3.07. The summed E-state index contributed by atoms with van der Waals surface area (Å²) in [5.74, 6) is 0. The van der Waals surface area contributed by atoms with Crippen molar-refractivity contribution in [1.29, 1.82) is 0 Å². The van der Waals surface area contributed by atoms with Gasteiger partial charge in [-0.3, -0.25) is 0 Å². The summed E-state index contributed by atoms with van der Waals surface area (Å²) in [7, 11) is 0. The summed E-state index contributed by atoms with van der Waals surface area (Å²) >= 11 is 5.87. The Morgan fingerprint density at radius 3 is 2.50 bits per heavy atom. The molecule has 2 aromatic carbocycles. The molecule has 0 bridgehead atoms. The van der Waals surface area contributed by atoms with Gasteiger partial charge in [-0.05, 0) is 74.3 Å². The van der Waals surface area contributed by atoms with Crippen molar-refractivity contribution in [3.63, 3.8) is 0 Å². The van der Waals surface area contributed by atoms with Crippen LogP contribution in [0.3, 0.4) is 0 Å². The van der Waals surface area contributed by atoms with Gasteiger partial charge in [-0.1, -0.05) is 31.2 Å². The summed E-state index contributed by atoms with van der Waals surface area (Å²) in [5, 5.41) is 3.47. The lowest BCUT2D eigenvalue weighted by Crippen LogP contribution is -2.02. The molecule has 0 unspecified atom stereocenters. The quantitative estimate of drug-likeness (QED) is 0.674. The van der Waals surface area contributed by atoms with Gasteiger partial charge in [0, 0.05) is 20.3 Å². The van der Waals surface area contributed by atoms with Gasteiger partial charge in [0.2, 0.25) is 0 Å². The molecule has 18 heavy (non-hydrogen) atoms. The second-order valence-corrected chi connectivity index (χ2v) is 6.12. The van der Waals surface area contributed by atoms with Crippen LogP contribution in [0.15, 0.2) is 46.9 Å². The minimum absolute atomic E-state index is 0.872. The van der Waals surface area contributed by atoms with E-state index >= 15 is 0 Å². The van der Waals surface area contributed by atoms with Crippen LogP contribution in [-0.2, 0) is 13.0 Å². The van der Waals surface area contributed by atoms with Crippen LogP contribution in [-0.4, -0.2) is 0 Å². The zero-order chi connectivity index (χ0) is 13.0. The average Bonchev–Trinajstić information content (AvgIpc) is 2.40. The normalized spacial score (nSPS) is 10.4. The first kappa shape index (κ1) is 13.9. The largest absolute Gasteiger partial charge is 0.381 e. The molecule has 0 amide bonds. The third-order valence-corrected chi connectivity index (χ3v) is 5.24. The van der Waals surface area contributed by atoms with E-state index in [4.69, 9.17) is 0 Å². The van der Waals surface area contributed by atoms with Crippen molar-refractivity contribution in [3.05, 3.63) is 61.6 Å². The van der Waals surface area contributed by atoms with Crippen LogP contribution >= 0.6 is 38.5 Å². The lowest BCUT2D eigenvalue weighted by Gasteiger charge is -2.11. The molecule has 94 valence electrons. The Kier molecular flexibility index (Phi) is 5.06. The Hall–Kier alpha value is -0.550. The van der Waals surface area contributed by atoms with Gasteiger partial charge >= 0.3 is 0 Å². The molecule has 0 atom stereocenters. The molecule has 0 heterocycles. The van der Waals surface area contributed by atoms with Gasteiger partial charge in [0.25, 0.3) is 0 Å². The van der Waals surface area contributed by atoms with Gasteiger partial charge in [-0.15, -0.1) is 0 Å². The summed E-state index contributed by atoms with van der Waals surface area (Å²) in [5.41, 5.74) is 3.93. The molecule has 0 fully saturated rings. The highest BCUT2D eigenvalue weighted by molar-refractivity contribution is 14.1. The molecule has 0 radical (unpaired) electrons. The van der Waals surface area contributed by atoms with Crippen molar-refractivity contribution >= 4 is 44.2 Å². The molecule has 1 nitrogen and oxygen atoms in total. The molecular weight excluding hydrogens is 401 g/mol. The molecule has 2 rings (SSSR count). The van der Waals surface area contributed by atoms with E-state index < -0.39 is 0 Å². The zero-order valence-electron chi connectivity index (χ0n) is 10.2. The summed E-state index contributed by atoms with van der Waals surface area (Å²) < 4.78 is 2.36. The van der Waals surface area contributed by atoms with Crippen LogP contribution in [0.2, 0.25) is 0 Å². The maximum Gasteiger partial charge on any atom is 0.0403 e. The fraction of sp³-hybridized carbons (Fsp3) is 0.200. The maximum atomic E-state index is 3.55. The van der Waals surface area contributed by atoms with E-state index in [1.54, 1.807) is 0 Å². The highest BCUT2D eigenvalue weighted by Crippen LogP contribution is 2.23. The first-order chi connectivity index (χ1) is 8.70. The molecule has 0 saturated carbocycles. The van der Waals surface area contributed by atoms with Crippen molar-refractivity contribution in [2.45, 2.75) is 19.9 Å². The average molecular weight is 416 g/mol. The third kappa shape index (κ3) is 3.48. The molecule has 0 aromatic heterocycles. The molecule has 1 N–H and O–H groups in total. The fourth-order valence-electron chi connectivity index (χ4n) is 1.88. The maximum absolute atomic E-state index is 3.55. The second kappa shape index (κ2) is 6.57. The van der Waals surface area contributed by atoms with Crippen molar-refractivity contribution in [2.24, 2.45) is 0 Å². The second-order valence-electron chi connectivity index (χ2n) is 4.10. The van der Waals surface area contributed by atoms with Crippen molar-refractivity contribution in [3.8, 4) is 0 Å². The number of benzene rings is 2. The van der Waals surface area contributed by atoms with E-state index in [0.717, 1.165) is 23.1 Å². The lowest BCUT2D eigenvalue weighted by molar-refractivity contribution is 1.04. The van der Waals surface area contributed by atoms with Gasteiger partial charge in [0.1, 0.15) is 0 Å². The van der Waals surface area contributed by atoms with Crippen LogP contribution in [0, 0.1) is 3.57 Å². The van der Waals surface area contributed by atoms with E-state index in [9.17, 15) is 0 Å². The summed E-state index contributed by atoms with van der Waals surface area (Å²) in [6.07, 6.45) is 1.08. The first-order valence-electron chi connectivity index (χ1n) is 5.96. The number of aryl methyl sites for hydroxylation is 1. The van der Waals surface area contributed by atoms with Crippen LogP contribution in [0.1, 0.15) is 18.1 Å². The molecule has 0 saturated heterocycles. The van der Waals surface area contributed by atoms with Crippen LogP contribution in [0.5, 0.6) is 0 Å². The molecule has 0 spiro atoms. The standard InChI is InChI=1S/C15H15BrIN/c1-2-11-5-3-4-6-12(11)10-18-13-7-8-15(17)14(16)9-13/h3-9,18H,2,10H2,1H3. The molecular formula is C15H15BrIN. The molecule has 0 aliphatic heterocycles. The van der Waals surface area contributed by atoms with Gasteiger partial charge in [-0.2, -0.15) is 0 Å². The third-order valence-electron chi connectivity index (χ3n) is 2.90. The molecule has 0 aliphatic carbocycles. The predicted octanol–water partition coefficient (Wildman–Crippen LogP) is 5.23. The number of hydrogen-bond donors (Lipinski definition) is 1. The molecule has 3 heteroatoms. The van der Waals surface area contributed by atoms with Crippen LogP contribution in [0.25, 0.3) is 0 Å². The number of halogens is 2. The number of rotatable bonds is 4. The Bertz CT molecular complexity index is 540. The topological polar surface area (TPSA) is 12.0 Å². The summed E-state index contributed by atoms with van der Waals surface area (Å²) in [4.78, 5) is 0. The highest BCUT2D eigenvalue weighted by atomic mass is 127. The Balaban J connectivity index is 2.09. The van der Waals surface area contributed by atoms with E-state index in [0.29, 0.717) is 0 Å². The molecule has 2 aromatic rings. The van der Waals surface area contributed by atoms with Crippen LogP contribution < -0.4 is 5.32 Å². The Morgan fingerprint density at radius 1 is 1.11 bits per heavy atom. The van der Waals surface area contributed by atoms with Gasteiger partial charge in [0.15, 0.2) is 0 Å². The van der Waals surface area contributed by atoms with Crippen molar-refractivity contribution in [2.75, 3.05) is 5.32 Å². The smallest absolute Gasteiger partial charge is 0.0403 e. The van der Waals surface area contributed by atoms with E-state index in [2.05, 4.69) is 93.2 Å². The van der Waals surface area contributed by atoms with Crippen molar-refractivity contribution in [1.82, 2.24) is 0 Å². The zero-order valence-corrected chi connectivity index (χ0v) is 14.0. The SMILES string of the molecule is CCc1ccccc1CNc1ccc(I)c(Br)c1. The summed E-state index contributed by atoms with van der Waals surface area (Å²) in [6, 6.07) is 14.9. The Morgan fingerprint density at radius 2 is 1.83 bits per heavy atom. The molecule has 0 aliphatic rings. The highest BCUT2D eigenvalue weighted by Gasteiger charge is 2.01. The van der Waals surface area contributed by atoms with Gasteiger partial charge in [-0.25, -0.2) is 0 Å². The van der Waals surface area contributed by atoms with E-state index in [-0.39, 0.29) is 0 Å². The van der Waals surface area contributed by atoms with Crippen LogP contribution in [0.4, 0.5) is 5.69 Å². The first-order valence-corrected chi connectivity index (χ1v) is 7.83. The number of nitrogens with one attached hydrogen (secondary N) is 1. The van der Waals surface area contributed by atoms with E-state index in [1.807, 2.05) is 0 Å². The Labute approximate surface area is 130 Å². The lowest BCUT2D eigenvalue weighted by atomic mass is 10.1. The number of hydrogen-bond acceptors (Lipinski definition) is 1. The monoisotopic (exact) mass is 415 g/mol. The minimum atomic E-state index is 0.872. The van der Waals surface area contributed by atoms with Gasteiger partial charge < -0.3 is 5.32 Å². The number of anilines is 1. The predicted molar refractivity (Wildman–Crippen MR) is 90.0 cm³/mol. The minimum Gasteiger partial charge on any atom is -0.381 e. The van der Waals surface area contributed by atoms with E-state index in [1.165, 1.54) is 14.7 Å². The van der Waals surface area contributed by atoms with Crippen molar-refractivity contribution < 1.29 is 0 Å². The van der Waals surface area contributed by atoms with Gasteiger partial charge in [0.05, 0.1) is 0 Å².